The molecule has 0 saturated carbocycles. The lowest BCUT2D eigenvalue weighted by molar-refractivity contribution is 0.306. The van der Waals surface area contributed by atoms with E-state index in [1.54, 1.807) is 7.11 Å². The molecule has 0 aliphatic rings. The molecule has 0 fully saturated rings. The van der Waals surface area contributed by atoms with Gasteiger partial charge in [0.2, 0.25) is 0 Å². The van der Waals surface area contributed by atoms with Gasteiger partial charge in [0, 0.05) is 5.02 Å². The Morgan fingerprint density at radius 2 is 1.70 bits per heavy atom. The van der Waals surface area contributed by atoms with E-state index in [9.17, 15) is 5.26 Å². The van der Waals surface area contributed by atoms with Gasteiger partial charge in [0.25, 0.3) is 0 Å². The molecule has 0 unspecified atom stereocenters. The molecule has 3 nitrogen and oxygen atoms in total. The van der Waals surface area contributed by atoms with Crippen LogP contribution in [-0.4, -0.2) is 7.11 Å². The number of hydrogen-bond donors (Lipinski definition) is 0. The highest BCUT2D eigenvalue weighted by atomic mass is 35.5. The van der Waals surface area contributed by atoms with Gasteiger partial charge in [-0.3, -0.25) is 0 Å². The van der Waals surface area contributed by atoms with Gasteiger partial charge in [-0.25, -0.2) is 0 Å². The zero-order chi connectivity index (χ0) is 19.1. The Kier molecular flexibility index (Phi) is 6.14. The number of allylic oxidation sites excluding steroid dienone is 1. The highest BCUT2D eigenvalue weighted by Gasteiger charge is 2.03. The first-order valence-electron chi connectivity index (χ1n) is 8.41. The van der Waals surface area contributed by atoms with Gasteiger partial charge in [-0.2, -0.15) is 5.26 Å². The van der Waals surface area contributed by atoms with E-state index >= 15 is 0 Å². The van der Waals surface area contributed by atoms with Gasteiger partial charge in [0.1, 0.15) is 18.1 Å². The van der Waals surface area contributed by atoms with Gasteiger partial charge in [0.15, 0.2) is 0 Å². The zero-order valence-corrected chi connectivity index (χ0v) is 15.6. The third-order valence-electron chi connectivity index (χ3n) is 4.01. The van der Waals surface area contributed by atoms with Crippen molar-refractivity contribution in [3.8, 4) is 17.6 Å². The second kappa shape index (κ2) is 8.93. The summed E-state index contributed by atoms with van der Waals surface area (Å²) < 4.78 is 10.9. The summed E-state index contributed by atoms with van der Waals surface area (Å²) in [4.78, 5) is 0. The molecule has 0 aliphatic carbocycles. The Morgan fingerprint density at radius 1 is 1.00 bits per heavy atom. The van der Waals surface area contributed by atoms with Crippen molar-refractivity contribution in [1.29, 1.82) is 5.26 Å². The number of hydrogen-bond acceptors (Lipinski definition) is 3. The lowest BCUT2D eigenvalue weighted by Crippen LogP contribution is -1.95. The van der Waals surface area contributed by atoms with Crippen LogP contribution in [0.15, 0.2) is 72.8 Å². The molecule has 0 radical (unpaired) electrons. The van der Waals surface area contributed by atoms with Crippen molar-refractivity contribution < 1.29 is 9.47 Å². The fraction of sp³-hybridized carbons (Fsp3) is 0.0870. The van der Waals surface area contributed by atoms with E-state index in [0.717, 1.165) is 28.2 Å². The van der Waals surface area contributed by atoms with Crippen molar-refractivity contribution >= 4 is 23.3 Å². The Bertz CT molecular complexity index is 971. The number of nitrogens with zero attached hydrogens (tertiary/aromatic N) is 1. The van der Waals surface area contributed by atoms with E-state index in [0.29, 0.717) is 17.2 Å². The molecule has 0 atom stereocenters. The minimum atomic E-state index is 0.449. The van der Waals surface area contributed by atoms with Crippen LogP contribution in [0.25, 0.3) is 11.6 Å². The number of benzene rings is 3. The highest BCUT2D eigenvalue weighted by molar-refractivity contribution is 6.30. The molecule has 0 N–H and O–H groups in total. The molecule has 0 heterocycles. The third-order valence-corrected chi connectivity index (χ3v) is 4.24. The zero-order valence-electron chi connectivity index (χ0n) is 14.9. The molecule has 0 spiro atoms. The Balaban J connectivity index is 1.69. The maximum Gasteiger partial charge on any atom is 0.119 e. The monoisotopic (exact) mass is 375 g/mol. The first-order chi connectivity index (χ1) is 13.2. The van der Waals surface area contributed by atoms with Crippen molar-refractivity contribution in [2.45, 2.75) is 6.61 Å². The van der Waals surface area contributed by atoms with E-state index in [2.05, 4.69) is 6.07 Å². The fourth-order valence-electron chi connectivity index (χ4n) is 2.57. The fourth-order valence-corrected chi connectivity index (χ4v) is 2.78. The summed E-state index contributed by atoms with van der Waals surface area (Å²) in [6, 6.07) is 24.9. The van der Waals surface area contributed by atoms with Crippen LogP contribution in [-0.2, 0) is 6.61 Å². The van der Waals surface area contributed by atoms with E-state index in [4.69, 9.17) is 21.1 Å². The maximum atomic E-state index is 9.47. The van der Waals surface area contributed by atoms with Crippen LogP contribution in [0.3, 0.4) is 0 Å². The molecule has 0 aromatic heterocycles. The van der Waals surface area contributed by atoms with E-state index in [-0.39, 0.29) is 0 Å². The topological polar surface area (TPSA) is 42.2 Å². The van der Waals surface area contributed by atoms with Crippen LogP contribution in [0, 0.1) is 11.3 Å². The van der Waals surface area contributed by atoms with Crippen molar-refractivity contribution in [2.24, 2.45) is 0 Å². The van der Waals surface area contributed by atoms with Crippen molar-refractivity contribution in [2.75, 3.05) is 7.11 Å². The minimum Gasteiger partial charge on any atom is -0.497 e. The quantitative estimate of drug-likeness (QED) is 0.392. The molecule has 4 heteroatoms. The molecule has 0 aliphatic heterocycles. The number of rotatable bonds is 6. The van der Waals surface area contributed by atoms with Gasteiger partial charge >= 0.3 is 0 Å². The first-order valence-corrected chi connectivity index (χ1v) is 8.79. The summed E-state index contributed by atoms with van der Waals surface area (Å²) in [5, 5.41) is 10.2. The Morgan fingerprint density at radius 3 is 2.33 bits per heavy atom. The van der Waals surface area contributed by atoms with Crippen LogP contribution in [0.5, 0.6) is 11.5 Å². The van der Waals surface area contributed by atoms with E-state index in [1.807, 2.05) is 78.9 Å². The molecule has 0 saturated heterocycles. The normalized spacial score (nSPS) is 10.9. The number of ether oxygens (including phenoxy) is 2. The van der Waals surface area contributed by atoms with Gasteiger partial charge in [-0.15, -0.1) is 0 Å². The van der Waals surface area contributed by atoms with E-state index in [1.165, 1.54) is 0 Å². The number of nitriles is 1. The predicted molar refractivity (Wildman–Crippen MR) is 109 cm³/mol. The van der Waals surface area contributed by atoms with Gasteiger partial charge in [-0.1, -0.05) is 35.9 Å². The molecule has 27 heavy (non-hydrogen) atoms. The van der Waals surface area contributed by atoms with Gasteiger partial charge in [-0.05, 0) is 71.3 Å². The Hall–Kier alpha value is -3.22. The number of methoxy groups -OCH3 is 1. The van der Waals surface area contributed by atoms with Crippen LogP contribution < -0.4 is 9.47 Å². The molecule has 3 rings (SSSR count). The van der Waals surface area contributed by atoms with Crippen molar-refractivity contribution in [1.82, 2.24) is 0 Å². The summed E-state index contributed by atoms with van der Waals surface area (Å²) in [5.41, 5.74) is 3.38. The molecule has 3 aromatic carbocycles. The third kappa shape index (κ3) is 5.13. The van der Waals surface area contributed by atoms with Crippen molar-refractivity contribution in [3.05, 3.63) is 94.5 Å². The van der Waals surface area contributed by atoms with Gasteiger partial charge < -0.3 is 9.47 Å². The summed E-state index contributed by atoms with van der Waals surface area (Å²) in [5.74, 6) is 1.52. The molecule has 0 bridgehead atoms. The van der Waals surface area contributed by atoms with Crippen LogP contribution >= 0.6 is 11.6 Å². The van der Waals surface area contributed by atoms with Crippen LogP contribution in [0.2, 0.25) is 5.02 Å². The van der Waals surface area contributed by atoms with Gasteiger partial charge in [0.05, 0.1) is 18.8 Å². The first kappa shape index (κ1) is 18.6. The highest BCUT2D eigenvalue weighted by Crippen LogP contribution is 2.22. The SMILES string of the molecule is COc1ccc(/C(C#N)=C/c2ccc(OCc3cccc(Cl)c3)cc2)cc1. The molecule has 0 amide bonds. The maximum absolute atomic E-state index is 9.47. The summed E-state index contributed by atoms with van der Waals surface area (Å²) in [7, 11) is 1.62. The molecular weight excluding hydrogens is 358 g/mol. The van der Waals surface area contributed by atoms with E-state index < -0.39 is 0 Å². The predicted octanol–water partition coefficient (Wildman–Crippen LogP) is 5.99. The average Bonchev–Trinajstić information content (AvgIpc) is 2.71. The van der Waals surface area contributed by atoms with Crippen molar-refractivity contribution in [3.63, 3.8) is 0 Å². The molecule has 3 aromatic rings. The minimum absolute atomic E-state index is 0.449. The smallest absolute Gasteiger partial charge is 0.119 e. The summed E-state index contributed by atoms with van der Waals surface area (Å²) >= 11 is 5.98. The largest absolute Gasteiger partial charge is 0.497 e. The lowest BCUT2D eigenvalue weighted by atomic mass is 10.0. The number of halogens is 1. The molecular formula is C23H18ClNO2. The standard InChI is InChI=1S/C23H18ClNO2/c1-26-22-11-7-19(8-12-22)20(15-25)13-17-5-9-23(10-6-17)27-16-18-3-2-4-21(24)14-18/h2-14H,16H2,1H3/b20-13+. The summed E-state index contributed by atoms with van der Waals surface area (Å²) in [6.07, 6.45) is 1.85. The van der Waals surface area contributed by atoms with Crippen LogP contribution in [0.4, 0.5) is 0 Å². The second-order valence-electron chi connectivity index (χ2n) is 5.89. The average molecular weight is 376 g/mol. The Labute approximate surface area is 164 Å². The molecule has 134 valence electrons. The lowest BCUT2D eigenvalue weighted by Gasteiger charge is -2.07. The van der Waals surface area contributed by atoms with Crippen LogP contribution in [0.1, 0.15) is 16.7 Å². The second-order valence-corrected chi connectivity index (χ2v) is 6.32. The summed E-state index contributed by atoms with van der Waals surface area (Å²) in [6.45, 7) is 0.449.